The standard InChI is InChI=1S/C26H31ClFN5O2/c1-15-12-32(25(34)35-26(3,4)5)16(2)11-31(15)23-22-21(17-6-7-17)13-33(24(22)30-14-29-23)20-9-18(27)8-19(28)10-20/h8-10,13-17H,6-7,11-12H2,1-5H3/t15?,16-/m0/s1. The molecule has 0 radical (unpaired) electrons. The Bertz CT molecular complexity index is 1260. The van der Waals surface area contributed by atoms with Crippen LogP contribution in [-0.2, 0) is 4.74 Å². The Balaban J connectivity index is 1.54. The molecule has 2 fully saturated rings. The van der Waals surface area contributed by atoms with Crippen LogP contribution in [0.4, 0.5) is 15.0 Å². The quantitative estimate of drug-likeness (QED) is 0.447. The van der Waals surface area contributed by atoms with Crippen LogP contribution in [-0.4, -0.2) is 56.3 Å². The van der Waals surface area contributed by atoms with Crippen molar-refractivity contribution in [2.45, 2.75) is 71.1 Å². The number of carbonyl (C=O) groups excluding carboxylic acids is 1. The van der Waals surface area contributed by atoms with Crippen LogP contribution >= 0.6 is 11.6 Å². The van der Waals surface area contributed by atoms with E-state index < -0.39 is 11.4 Å². The number of hydrogen-bond donors (Lipinski definition) is 0. The summed E-state index contributed by atoms with van der Waals surface area (Å²) in [5.41, 5.74) is 1.99. The Hall–Kier alpha value is -2.87. The first-order chi connectivity index (χ1) is 16.5. The zero-order chi connectivity index (χ0) is 25.1. The van der Waals surface area contributed by atoms with Gasteiger partial charge in [0.2, 0.25) is 0 Å². The van der Waals surface area contributed by atoms with Gasteiger partial charge in [-0.25, -0.2) is 19.2 Å². The minimum absolute atomic E-state index is 0.0239. The fourth-order valence-electron chi connectivity index (χ4n) is 4.87. The lowest BCUT2D eigenvalue weighted by Gasteiger charge is -2.44. The summed E-state index contributed by atoms with van der Waals surface area (Å²) in [6, 6.07) is 4.47. The summed E-state index contributed by atoms with van der Waals surface area (Å²) in [6.45, 7) is 10.9. The van der Waals surface area contributed by atoms with Crippen LogP contribution in [0.3, 0.4) is 0 Å². The van der Waals surface area contributed by atoms with Crippen molar-refractivity contribution in [2.75, 3.05) is 18.0 Å². The number of benzene rings is 1. The van der Waals surface area contributed by atoms with E-state index in [1.54, 1.807) is 17.3 Å². The highest BCUT2D eigenvalue weighted by molar-refractivity contribution is 6.30. The second-order valence-corrected chi connectivity index (χ2v) is 11.2. The maximum absolute atomic E-state index is 14.2. The number of amides is 1. The van der Waals surface area contributed by atoms with Crippen molar-refractivity contribution < 1.29 is 13.9 Å². The summed E-state index contributed by atoms with van der Waals surface area (Å²) in [5.74, 6) is 0.891. The maximum Gasteiger partial charge on any atom is 0.410 e. The van der Waals surface area contributed by atoms with E-state index in [0.717, 1.165) is 29.7 Å². The third-order valence-corrected chi connectivity index (χ3v) is 6.84. The van der Waals surface area contributed by atoms with Gasteiger partial charge in [-0.3, -0.25) is 0 Å². The highest BCUT2D eigenvalue weighted by Gasteiger charge is 2.37. The van der Waals surface area contributed by atoms with Crippen molar-refractivity contribution in [1.82, 2.24) is 19.4 Å². The molecule has 7 nitrogen and oxygen atoms in total. The van der Waals surface area contributed by atoms with Crippen LogP contribution in [0.15, 0.2) is 30.7 Å². The first kappa shape index (κ1) is 23.9. The smallest absolute Gasteiger partial charge is 0.410 e. The number of carbonyl (C=O) groups is 1. The van der Waals surface area contributed by atoms with E-state index in [1.165, 1.54) is 17.7 Å². The Morgan fingerprint density at radius 2 is 1.86 bits per heavy atom. The van der Waals surface area contributed by atoms with E-state index in [0.29, 0.717) is 29.7 Å². The molecule has 1 amide bonds. The molecule has 2 atom stereocenters. The zero-order valence-corrected chi connectivity index (χ0v) is 21.5. The molecule has 0 spiro atoms. The van der Waals surface area contributed by atoms with Crippen molar-refractivity contribution in [3.63, 3.8) is 0 Å². The van der Waals surface area contributed by atoms with Crippen molar-refractivity contribution in [3.8, 4) is 5.69 Å². The van der Waals surface area contributed by atoms with Gasteiger partial charge < -0.3 is 19.1 Å². The van der Waals surface area contributed by atoms with Crippen LogP contribution in [0.5, 0.6) is 0 Å². The Morgan fingerprint density at radius 3 is 2.51 bits per heavy atom. The van der Waals surface area contributed by atoms with Crippen molar-refractivity contribution in [1.29, 1.82) is 0 Å². The molecule has 0 bridgehead atoms. The van der Waals surface area contributed by atoms with Gasteiger partial charge in [-0.1, -0.05) is 11.6 Å². The van der Waals surface area contributed by atoms with Crippen LogP contribution in [0.25, 0.3) is 16.7 Å². The highest BCUT2D eigenvalue weighted by Crippen LogP contribution is 2.46. The van der Waals surface area contributed by atoms with E-state index in [2.05, 4.69) is 23.0 Å². The molecular weight excluding hydrogens is 469 g/mol. The van der Waals surface area contributed by atoms with Gasteiger partial charge in [-0.05, 0) is 77.1 Å². The van der Waals surface area contributed by atoms with Crippen LogP contribution < -0.4 is 4.90 Å². The van der Waals surface area contributed by atoms with Gasteiger partial charge in [0.25, 0.3) is 0 Å². The molecule has 1 aliphatic carbocycles. The average molecular weight is 500 g/mol. The number of ether oxygens (including phenoxy) is 1. The second kappa shape index (κ2) is 8.66. The summed E-state index contributed by atoms with van der Waals surface area (Å²) in [6.07, 6.45) is 5.53. The molecule has 186 valence electrons. The largest absolute Gasteiger partial charge is 0.444 e. The molecule has 3 heterocycles. The molecule has 5 rings (SSSR count). The third kappa shape index (κ3) is 4.68. The van der Waals surface area contributed by atoms with Crippen LogP contribution in [0, 0.1) is 5.82 Å². The topological polar surface area (TPSA) is 63.5 Å². The lowest BCUT2D eigenvalue weighted by Crippen LogP contribution is -2.59. The van der Waals surface area contributed by atoms with Crippen molar-refractivity contribution >= 4 is 34.5 Å². The molecule has 3 aromatic rings. The predicted molar refractivity (Wildman–Crippen MR) is 135 cm³/mol. The van der Waals surface area contributed by atoms with E-state index >= 15 is 0 Å². The van der Waals surface area contributed by atoms with Gasteiger partial charge in [-0.2, -0.15) is 0 Å². The molecule has 1 saturated heterocycles. The van der Waals surface area contributed by atoms with Gasteiger partial charge in [-0.15, -0.1) is 0 Å². The highest BCUT2D eigenvalue weighted by atomic mass is 35.5. The SMILES string of the molecule is CC1CN(C(=O)OC(C)(C)C)[C@@H](C)CN1c1ncnc2c1c(C1CC1)cn2-c1cc(F)cc(Cl)c1. The molecule has 1 unspecified atom stereocenters. The molecule has 2 aromatic heterocycles. The number of halogens is 2. The van der Waals surface area contributed by atoms with Crippen LogP contribution in [0.1, 0.15) is 58.9 Å². The van der Waals surface area contributed by atoms with Gasteiger partial charge in [0.05, 0.1) is 11.1 Å². The molecule has 9 heteroatoms. The number of nitrogens with zero attached hydrogens (tertiary/aromatic N) is 5. The van der Waals surface area contributed by atoms with Gasteiger partial charge in [0, 0.05) is 36.4 Å². The Labute approximate surface area is 209 Å². The summed E-state index contributed by atoms with van der Waals surface area (Å²) >= 11 is 6.16. The number of hydrogen-bond acceptors (Lipinski definition) is 5. The van der Waals surface area contributed by atoms with E-state index in [1.807, 2.05) is 32.3 Å². The molecule has 1 aliphatic heterocycles. The zero-order valence-electron chi connectivity index (χ0n) is 20.8. The first-order valence-corrected chi connectivity index (χ1v) is 12.5. The van der Waals surface area contributed by atoms with Crippen LogP contribution in [0.2, 0.25) is 5.02 Å². The van der Waals surface area contributed by atoms with Crippen molar-refractivity contribution in [3.05, 3.63) is 47.1 Å². The summed E-state index contributed by atoms with van der Waals surface area (Å²) in [5, 5.41) is 1.32. The number of piperazine rings is 1. The van der Waals surface area contributed by atoms with Gasteiger partial charge in [0.1, 0.15) is 29.2 Å². The third-order valence-electron chi connectivity index (χ3n) is 6.62. The number of fused-ring (bicyclic) bond motifs is 1. The van der Waals surface area contributed by atoms with Crippen molar-refractivity contribution in [2.24, 2.45) is 0 Å². The van der Waals surface area contributed by atoms with E-state index in [-0.39, 0.29) is 18.2 Å². The monoisotopic (exact) mass is 499 g/mol. The molecule has 0 N–H and O–H groups in total. The second-order valence-electron chi connectivity index (χ2n) is 10.7. The average Bonchev–Trinajstić information content (AvgIpc) is 3.52. The summed E-state index contributed by atoms with van der Waals surface area (Å²) in [7, 11) is 0. The molecule has 2 aliphatic rings. The fraction of sp³-hybridized carbons (Fsp3) is 0.500. The Morgan fingerprint density at radius 1 is 1.11 bits per heavy atom. The lowest BCUT2D eigenvalue weighted by molar-refractivity contribution is 0.0130. The lowest BCUT2D eigenvalue weighted by atomic mass is 10.1. The summed E-state index contributed by atoms with van der Waals surface area (Å²) < 4.78 is 21.7. The predicted octanol–water partition coefficient (Wildman–Crippen LogP) is 5.92. The fourth-order valence-corrected chi connectivity index (χ4v) is 5.08. The minimum atomic E-state index is -0.544. The molecule has 1 saturated carbocycles. The van der Waals surface area contributed by atoms with Gasteiger partial charge >= 0.3 is 6.09 Å². The Kier molecular flexibility index (Phi) is 5.90. The van der Waals surface area contributed by atoms with E-state index in [9.17, 15) is 9.18 Å². The molecule has 35 heavy (non-hydrogen) atoms. The number of rotatable bonds is 3. The normalized spacial score (nSPS) is 21.0. The van der Waals surface area contributed by atoms with E-state index in [4.69, 9.17) is 21.3 Å². The minimum Gasteiger partial charge on any atom is -0.444 e. The summed E-state index contributed by atoms with van der Waals surface area (Å²) in [4.78, 5) is 26.2. The molecular formula is C26H31ClFN5O2. The molecule has 1 aromatic carbocycles. The maximum atomic E-state index is 14.2. The van der Waals surface area contributed by atoms with Gasteiger partial charge in [0.15, 0.2) is 0 Å². The number of aromatic nitrogens is 3. The first-order valence-electron chi connectivity index (χ1n) is 12.1. The number of anilines is 1.